The molecule has 2 rings (SSSR count). The van der Waals surface area contributed by atoms with Crippen molar-refractivity contribution in [3.8, 4) is 0 Å². The molecule has 0 heterocycles. The number of nitrogens with one attached hydrogen (secondary N) is 1. The molecule has 5 heteroatoms. The summed E-state index contributed by atoms with van der Waals surface area (Å²) in [6, 6.07) is 5.08. The predicted octanol–water partition coefficient (Wildman–Crippen LogP) is 3.31. The third-order valence-corrected chi connectivity index (χ3v) is 4.22. The van der Waals surface area contributed by atoms with Gasteiger partial charge in [-0.2, -0.15) is 0 Å². The second-order valence-corrected chi connectivity index (χ2v) is 5.47. The number of benzene rings is 1. The number of rotatable bonds is 3. The summed E-state index contributed by atoms with van der Waals surface area (Å²) in [5.74, 6) is 0.346. The molecule has 0 saturated heterocycles. The molecule has 2 atom stereocenters. The van der Waals surface area contributed by atoms with Gasteiger partial charge in [0.2, 0.25) is 5.91 Å². The average Bonchev–Trinajstić information content (AvgIpc) is 2.82. The van der Waals surface area contributed by atoms with E-state index in [9.17, 15) is 4.79 Å². The van der Waals surface area contributed by atoms with Gasteiger partial charge in [-0.25, -0.2) is 0 Å². The summed E-state index contributed by atoms with van der Waals surface area (Å²) in [4.78, 5) is 12.1. The van der Waals surface area contributed by atoms with Gasteiger partial charge in [0.05, 0.1) is 10.0 Å². The maximum Gasteiger partial charge on any atom is 0.227 e. The van der Waals surface area contributed by atoms with Gasteiger partial charge in [-0.1, -0.05) is 29.6 Å². The molecule has 0 spiro atoms. The number of carbonyl (C=O) groups excluding carboxylic acids is 1. The van der Waals surface area contributed by atoms with Gasteiger partial charge in [0.25, 0.3) is 0 Å². The van der Waals surface area contributed by atoms with Gasteiger partial charge < -0.3 is 11.1 Å². The molecule has 1 amide bonds. The molecule has 0 aliphatic heterocycles. The Labute approximate surface area is 117 Å². The fraction of sp³-hybridized carbons (Fsp3) is 0.462. The Morgan fingerprint density at radius 2 is 2.11 bits per heavy atom. The second kappa shape index (κ2) is 5.91. The van der Waals surface area contributed by atoms with E-state index in [2.05, 4.69) is 5.32 Å². The number of anilines is 1. The minimum absolute atomic E-state index is 0.0180. The molecule has 0 aromatic heterocycles. The minimum atomic E-state index is 0.0180. The molecule has 0 bridgehead atoms. The van der Waals surface area contributed by atoms with Gasteiger partial charge >= 0.3 is 0 Å². The van der Waals surface area contributed by atoms with Crippen LogP contribution in [0.15, 0.2) is 18.2 Å². The summed E-state index contributed by atoms with van der Waals surface area (Å²) < 4.78 is 0. The van der Waals surface area contributed by atoms with Crippen LogP contribution >= 0.6 is 23.2 Å². The largest absolute Gasteiger partial charge is 0.330 e. The Hall–Kier alpha value is -0.770. The number of nitrogens with two attached hydrogens (primary N) is 1. The van der Waals surface area contributed by atoms with Gasteiger partial charge in [0.1, 0.15) is 0 Å². The Kier molecular flexibility index (Phi) is 4.49. The van der Waals surface area contributed by atoms with Crippen LogP contribution in [0.2, 0.25) is 10.0 Å². The summed E-state index contributed by atoms with van der Waals surface area (Å²) in [5.41, 5.74) is 6.36. The summed E-state index contributed by atoms with van der Waals surface area (Å²) in [6.45, 7) is 0.569. The normalized spacial score (nSPS) is 23.1. The molecule has 3 N–H and O–H groups in total. The van der Waals surface area contributed by atoms with Gasteiger partial charge in [-0.3, -0.25) is 4.79 Å². The number of amides is 1. The molecule has 0 radical (unpaired) electrons. The number of hydrogen-bond acceptors (Lipinski definition) is 2. The SMILES string of the molecule is NC[C@H]1CCC[C@H]1C(=O)Nc1ccc(Cl)c(Cl)c1. The van der Waals surface area contributed by atoms with Crippen LogP contribution in [0.3, 0.4) is 0 Å². The zero-order chi connectivity index (χ0) is 13.1. The van der Waals surface area contributed by atoms with E-state index < -0.39 is 0 Å². The van der Waals surface area contributed by atoms with Crippen molar-refractivity contribution in [1.29, 1.82) is 0 Å². The first-order valence-corrected chi connectivity index (χ1v) is 6.83. The lowest BCUT2D eigenvalue weighted by molar-refractivity contribution is -0.120. The topological polar surface area (TPSA) is 55.1 Å². The highest BCUT2D eigenvalue weighted by Crippen LogP contribution is 2.32. The standard InChI is InChI=1S/C13H16Cl2N2O/c14-11-5-4-9(6-12(11)15)17-13(18)10-3-1-2-8(10)7-16/h4-6,8,10H,1-3,7,16H2,(H,17,18)/t8-,10-/m1/s1. The van der Waals surface area contributed by atoms with E-state index in [4.69, 9.17) is 28.9 Å². The van der Waals surface area contributed by atoms with Crippen molar-refractivity contribution in [2.45, 2.75) is 19.3 Å². The molecule has 1 aromatic rings. The lowest BCUT2D eigenvalue weighted by Gasteiger charge is -2.17. The van der Waals surface area contributed by atoms with E-state index in [1.807, 2.05) is 0 Å². The maximum atomic E-state index is 12.1. The summed E-state index contributed by atoms with van der Waals surface area (Å²) in [5, 5.41) is 3.80. The van der Waals surface area contributed by atoms with Gasteiger partial charge in [-0.15, -0.1) is 0 Å². The summed E-state index contributed by atoms with van der Waals surface area (Å²) in [7, 11) is 0. The van der Waals surface area contributed by atoms with Crippen molar-refractivity contribution in [1.82, 2.24) is 0 Å². The molecule has 1 aliphatic carbocycles. The molecule has 0 unspecified atom stereocenters. The Balaban J connectivity index is 2.04. The quantitative estimate of drug-likeness (QED) is 0.896. The summed E-state index contributed by atoms with van der Waals surface area (Å²) in [6.07, 6.45) is 3.02. The molecule has 1 fully saturated rings. The number of halogens is 2. The van der Waals surface area contributed by atoms with E-state index in [0.717, 1.165) is 19.3 Å². The molecule has 3 nitrogen and oxygen atoms in total. The zero-order valence-electron chi connectivity index (χ0n) is 9.96. The Morgan fingerprint density at radius 1 is 1.33 bits per heavy atom. The third-order valence-electron chi connectivity index (χ3n) is 3.49. The highest BCUT2D eigenvalue weighted by molar-refractivity contribution is 6.42. The smallest absolute Gasteiger partial charge is 0.227 e. The van der Waals surface area contributed by atoms with E-state index in [0.29, 0.717) is 28.2 Å². The number of hydrogen-bond donors (Lipinski definition) is 2. The van der Waals surface area contributed by atoms with E-state index >= 15 is 0 Å². The van der Waals surface area contributed by atoms with Gasteiger partial charge in [-0.05, 0) is 43.5 Å². The van der Waals surface area contributed by atoms with Crippen LogP contribution in [0, 0.1) is 11.8 Å². The van der Waals surface area contributed by atoms with Crippen LogP contribution in [0.4, 0.5) is 5.69 Å². The molecule has 1 saturated carbocycles. The van der Waals surface area contributed by atoms with Gasteiger partial charge in [0, 0.05) is 11.6 Å². The second-order valence-electron chi connectivity index (χ2n) is 4.65. The Morgan fingerprint density at radius 3 is 2.78 bits per heavy atom. The molecule has 1 aliphatic rings. The van der Waals surface area contributed by atoms with Crippen LogP contribution in [0.1, 0.15) is 19.3 Å². The fourth-order valence-electron chi connectivity index (χ4n) is 2.47. The average molecular weight is 287 g/mol. The first-order chi connectivity index (χ1) is 8.61. The Bertz CT molecular complexity index is 451. The first kappa shape index (κ1) is 13.7. The molecule has 1 aromatic carbocycles. The summed E-state index contributed by atoms with van der Waals surface area (Å²) >= 11 is 11.7. The lowest BCUT2D eigenvalue weighted by atomic mass is 9.95. The molecule has 98 valence electrons. The van der Waals surface area contributed by atoms with Crippen LogP contribution in [-0.4, -0.2) is 12.5 Å². The van der Waals surface area contributed by atoms with Crippen molar-refractivity contribution >= 4 is 34.8 Å². The van der Waals surface area contributed by atoms with Crippen molar-refractivity contribution in [3.05, 3.63) is 28.2 Å². The first-order valence-electron chi connectivity index (χ1n) is 6.08. The predicted molar refractivity (Wildman–Crippen MR) is 75.0 cm³/mol. The monoisotopic (exact) mass is 286 g/mol. The van der Waals surface area contributed by atoms with E-state index in [1.165, 1.54) is 0 Å². The highest BCUT2D eigenvalue weighted by atomic mass is 35.5. The highest BCUT2D eigenvalue weighted by Gasteiger charge is 2.31. The zero-order valence-corrected chi connectivity index (χ0v) is 11.5. The number of carbonyl (C=O) groups is 1. The molecule has 18 heavy (non-hydrogen) atoms. The van der Waals surface area contributed by atoms with Gasteiger partial charge in [0.15, 0.2) is 0 Å². The third kappa shape index (κ3) is 2.97. The van der Waals surface area contributed by atoms with Crippen molar-refractivity contribution in [2.75, 3.05) is 11.9 Å². The van der Waals surface area contributed by atoms with E-state index in [-0.39, 0.29) is 11.8 Å². The molecular formula is C13H16Cl2N2O. The van der Waals surface area contributed by atoms with Crippen LogP contribution in [0.5, 0.6) is 0 Å². The molecular weight excluding hydrogens is 271 g/mol. The van der Waals surface area contributed by atoms with Crippen molar-refractivity contribution in [3.63, 3.8) is 0 Å². The van der Waals surface area contributed by atoms with Crippen LogP contribution in [0.25, 0.3) is 0 Å². The van der Waals surface area contributed by atoms with Crippen LogP contribution in [-0.2, 0) is 4.79 Å². The van der Waals surface area contributed by atoms with Crippen LogP contribution < -0.4 is 11.1 Å². The minimum Gasteiger partial charge on any atom is -0.330 e. The lowest BCUT2D eigenvalue weighted by Crippen LogP contribution is -2.29. The fourth-order valence-corrected chi connectivity index (χ4v) is 2.77. The maximum absolute atomic E-state index is 12.1. The van der Waals surface area contributed by atoms with E-state index in [1.54, 1.807) is 18.2 Å². The van der Waals surface area contributed by atoms with Crippen molar-refractivity contribution < 1.29 is 4.79 Å². The van der Waals surface area contributed by atoms with Crippen molar-refractivity contribution in [2.24, 2.45) is 17.6 Å².